The lowest BCUT2D eigenvalue weighted by atomic mass is 10.0. The summed E-state index contributed by atoms with van der Waals surface area (Å²) in [5.74, 6) is -0.184. The monoisotopic (exact) mass is 293 g/mol. The maximum absolute atomic E-state index is 11.9. The minimum atomic E-state index is -0.214. The topological polar surface area (TPSA) is 40.5 Å². The summed E-state index contributed by atoms with van der Waals surface area (Å²) in [6.07, 6.45) is 0. The van der Waals surface area contributed by atoms with E-state index in [1.807, 2.05) is 18.2 Å². The van der Waals surface area contributed by atoms with Crippen LogP contribution < -0.4 is 0 Å². The molecular formula is C13H12BrNO2. The minimum absolute atomic E-state index is 0.0301. The molecule has 88 valence electrons. The van der Waals surface area contributed by atoms with E-state index in [4.69, 9.17) is 0 Å². The number of nitrogens with zero attached hydrogens (tertiary/aromatic N) is 1. The van der Waals surface area contributed by atoms with Crippen LogP contribution in [0.15, 0.2) is 34.8 Å². The number of hydrogen-bond donors (Lipinski definition) is 1. The van der Waals surface area contributed by atoms with Gasteiger partial charge < -0.3 is 10.0 Å². The van der Waals surface area contributed by atoms with Crippen LogP contribution in [0.25, 0.3) is 10.8 Å². The van der Waals surface area contributed by atoms with E-state index >= 15 is 0 Å². The third-order valence-corrected chi connectivity index (χ3v) is 3.26. The van der Waals surface area contributed by atoms with Crippen LogP contribution in [0.4, 0.5) is 0 Å². The molecule has 0 spiro atoms. The van der Waals surface area contributed by atoms with Crippen LogP contribution in [0.3, 0.4) is 0 Å². The smallest absolute Gasteiger partial charge is 0.257 e. The molecule has 1 amide bonds. The summed E-state index contributed by atoms with van der Waals surface area (Å²) < 4.78 is 0.802. The second-order valence-corrected chi connectivity index (χ2v) is 4.85. The predicted octanol–water partition coefficient (Wildman–Crippen LogP) is 3.01. The van der Waals surface area contributed by atoms with Crippen LogP contribution in [-0.4, -0.2) is 30.0 Å². The number of phenolic OH excluding ortho intramolecular Hbond substituents is 1. The first-order valence-electron chi connectivity index (χ1n) is 5.14. The average molecular weight is 294 g/mol. The van der Waals surface area contributed by atoms with Crippen molar-refractivity contribution in [2.45, 2.75) is 0 Å². The summed E-state index contributed by atoms with van der Waals surface area (Å²) >= 11 is 3.42. The van der Waals surface area contributed by atoms with Gasteiger partial charge in [-0.1, -0.05) is 40.2 Å². The second-order valence-electron chi connectivity index (χ2n) is 4.00. The molecule has 0 atom stereocenters. The molecule has 17 heavy (non-hydrogen) atoms. The van der Waals surface area contributed by atoms with E-state index in [1.54, 1.807) is 26.2 Å². The third kappa shape index (κ3) is 2.00. The van der Waals surface area contributed by atoms with Crippen molar-refractivity contribution in [3.05, 3.63) is 40.4 Å². The normalized spacial score (nSPS) is 10.5. The number of hydrogen-bond acceptors (Lipinski definition) is 2. The zero-order valence-electron chi connectivity index (χ0n) is 9.57. The molecule has 0 bridgehead atoms. The molecule has 0 fully saturated rings. The fourth-order valence-electron chi connectivity index (χ4n) is 1.72. The summed E-state index contributed by atoms with van der Waals surface area (Å²) in [5, 5.41) is 11.7. The van der Waals surface area contributed by atoms with Gasteiger partial charge in [-0.15, -0.1) is 0 Å². The average Bonchev–Trinajstić information content (AvgIpc) is 2.33. The summed E-state index contributed by atoms with van der Waals surface area (Å²) in [6.45, 7) is 0. The lowest BCUT2D eigenvalue weighted by molar-refractivity contribution is 0.0825. The van der Waals surface area contributed by atoms with Gasteiger partial charge in [0, 0.05) is 24.0 Å². The van der Waals surface area contributed by atoms with E-state index in [9.17, 15) is 9.90 Å². The van der Waals surface area contributed by atoms with Gasteiger partial charge in [-0.05, 0) is 11.5 Å². The van der Waals surface area contributed by atoms with Gasteiger partial charge >= 0.3 is 0 Å². The number of rotatable bonds is 1. The number of carbonyl (C=O) groups is 1. The quantitative estimate of drug-likeness (QED) is 0.878. The Balaban J connectivity index is 2.75. The van der Waals surface area contributed by atoms with Gasteiger partial charge in [-0.2, -0.15) is 0 Å². The molecule has 0 radical (unpaired) electrons. The molecule has 0 saturated carbocycles. The van der Waals surface area contributed by atoms with E-state index in [1.165, 1.54) is 4.90 Å². The molecule has 2 rings (SSSR count). The van der Waals surface area contributed by atoms with Crippen LogP contribution in [0.1, 0.15) is 10.4 Å². The molecule has 2 aromatic rings. The van der Waals surface area contributed by atoms with Gasteiger partial charge in [0.15, 0.2) is 0 Å². The van der Waals surface area contributed by atoms with Crippen LogP contribution in [-0.2, 0) is 0 Å². The highest BCUT2D eigenvalue weighted by Gasteiger charge is 2.17. The Morgan fingerprint density at radius 3 is 2.41 bits per heavy atom. The van der Waals surface area contributed by atoms with Crippen molar-refractivity contribution in [1.29, 1.82) is 0 Å². The highest BCUT2D eigenvalue weighted by molar-refractivity contribution is 9.10. The summed E-state index contributed by atoms with van der Waals surface area (Å²) in [7, 11) is 3.32. The second kappa shape index (κ2) is 4.37. The lowest BCUT2D eigenvalue weighted by Crippen LogP contribution is -2.21. The fourth-order valence-corrected chi connectivity index (χ4v) is 2.29. The number of halogens is 1. The van der Waals surface area contributed by atoms with Crippen molar-refractivity contribution in [2.75, 3.05) is 14.1 Å². The first kappa shape index (κ1) is 11.9. The Bertz CT molecular complexity index is 593. The number of fused-ring (bicyclic) bond motifs is 1. The minimum Gasteiger partial charge on any atom is -0.506 e. The largest absolute Gasteiger partial charge is 0.506 e. The van der Waals surface area contributed by atoms with Gasteiger partial charge in [0.25, 0.3) is 5.91 Å². The van der Waals surface area contributed by atoms with Crippen LogP contribution >= 0.6 is 15.9 Å². The molecule has 0 saturated heterocycles. The summed E-state index contributed by atoms with van der Waals surface area (Å²) in [4.78, 5) is 13.3. The maximum Gasteiger partial charge on any atom is 0.257 e. The molecular weight excluding hydrogens is 282 g/mol. The Morgan fingerprint density at radius 1 is 1.24 bits per heavy atom. The lowest BCUT2D eigenvalue weighted by Gasteiger charge is -2.13. The zero-order valence-corrected chi connectivity index (χ0v) is 11.2. The van der Waals surface area contributed by atoms with Crippen molar-refractivity contribution < 1.29 is 9.90 Å². The van der Waals surface area contributed by atoms with Crippen LogP contribution in [0, 0.1) is 0 Å². The summed E-state index contributed by atoms with van der Waals surface area (Å²) in [6, 6.07) is 9.06. The Labute approximate surface area is 108 Å². The van der Waals surface area contributed by atoms with Crippen molar-refractivity contribution in [3.63, 3.8) is 0 Å². The van der Waals surface area contributed by atoms with E-state index < -0.39 is 0 Å². The molecule has 0 heterocycles. The van der Waals surface area contributed by atoms with Gasteiger partial charge in [-0.25, -0.2) is 0 Å². The first-order valence-corrected chi connectivity index (χ1v) is 5.93. The van der Waals surface area contributed by atoms with E-state index in [-0.39, 0.29) is 11.7 Å². The van der Waals surface area contributed by atoms with Crippen molar-refractivity contribution in [1.82, 2.24) is 4.90 Å². The van der Waals surface area contributed by atoms with E-state index in [0.717, 1.165) is 9.86 Å². The van der Waals surface area contributed by atoms with Crippen LogP contribution in [0.5, 0.6) is 5.75 Å². The molecule has 4 heteroatoms. The fraction of sp³-hybridized carbons (Fsp3) is 0.154. The van der Waals surface area contributed by atoms with Crippen molar-refractivity contribution in [2.24, 2.45) is 0 Å². The number of amides is 1. The highest BCUT2D eigenvalue weighted by atomic mass is 79.9. The third-order valence-electron chi connectivity index (χ3n) is 2.60. The van der Waals surface area contributed by atoms with E-state index in [2.05, 4.69) is 15.9 Å². The number of aromatic hydroxyl groups is 1. The highest BCUT2D eigenvalue weighted by Crippen LogP contribution is 2.34. The van der Waals surface area contributed by atoms with Crippen LogP contribution in [0.2, 0.25) is 0 Å². The summed E-state index contributed by atoms with van der Waals surface area (Å²) in [5.41, 5.74) is 0.306. The van der Waals surface area contributed by atoms with Crippen molar-refractivity contribution >= 4 is 32.6 Å². The molecule has 0 aliphatic carbocycles. The zero-order chi connectivity index (χ0) is 12.6. The number of carbonyl (C=O) groups excluding carboxylic acids is 1. The molecule has 0 aromatic heterocycles. The number of phenols is 1. The van der Waals surface area contributed by atoms with Gasteiger partial charge in [-0.3, -0.25) is 4.79 Å². The predicted molar refractivity (Wildman–Crippen MR) is 71.3 cm³/mol. The molecule has 0 aliphatic heterocycles. The standard InChI is InChI=1S/C13H12BrNO2/c1-15(2)13(17)10-7-11(14)8-5-3-4-6-9(8)12(10)16/h3-7,16H,1-2H3. The first-order chi connectivity index (χ1) is 8.02. The molecule has 2 aromatic carbocycles. The Kier molecular flexibility index (Phi) is 3.07. The van der Waals surface area contributed by atoms with Crippen molar-refractivity contribution in [3.8, 4) is 5.75 Å². The van der Waals surface area contributed by atoms with Gasteiger partial charge in [0.05, 0.1) is 5.56 Å². The molecule has 0 unspecified atom stereocenters. The molecule has 1 N–H and O–H groups in total. The maximum atomic E-state index is 11.9. The number of benzene rings is 2. The Morgan fingerprint density at radius 2 is 1.82 bits per heavy atom. The van der Waals surface area contributed by atoms with Gasteiger partial charge in [0.1, 0.15) is 5.75 Å². The molecule has 0 aliphatic rings. The SMILES string of the molecule is CN(C)C(=O)c1cc(Br)c2ccccc2c1O. The van der Waals surface area contributed by atoms with Gasteiger partial charge in [0.2, 0.25) is 0 Å². The Hall–Kier alpha value is -1.55. The molecule has 3 nitrogen and oxygen atoms in total. The van der Waals surface area contributed by atoms with E-state index in [0.29, 0.717) is 10.9 Å².